The third-order valence-electron chi connectivity index (χ3n) is 3.47. The number of nitrogens with one attached hydrogen (secondary N) is 2. The van der Waals surface area contributed by atoms with E-state index >= 15 is 0 Å². The molecule has 2 aromatic carbocycles. The molecule has 0 fully saturated rings. The zero-order valence-electron chi connectivity index (χ0n) is 14.6. The van der Waals surface area contributed by atoms with E-state index in [2.05, 4.69) is 22.4 Å². The van der Waals surface area contributed by atoms with E-state index in [0.29, 0.717) is 17.9 Å². The summed E-state index contributed by atoms with van der Waals surface area (Å²) in [6.45, 7) is 5.65. The van der Waals surface area contributed by atoms with Gasteiger partial charge in [-0.2, -0.15) is 5.10 Å². The van der Waals surface area contributed by atoms with Crippen LogP contribution >= 0.6 is 0 Å². The molecule has 2 amide bonds. The summed E-state index contributed by atoms with van der Waals surface area (Å²) in [5, 5.41) is 6.46. The predicted molar refractivity (Wildman–Crippen MR) is 101 cm³/mol. The van der Waals surface area contributed by atoms with Gasteiger partial charge in [0.2, 0.25) is 0 Å². The Morgan fingerprint density at radius 1 is 1.15 bits per heavy atom. The summed E-state index contributed by atoms with van der Waals surface area (Å²) in [6, 6.07) is 14.5. The Kier molecular flexibility index (Phi) is 7.12. The summed E-state index contributed by atoms with van der Waals surface area (Å²) < 4.78 is 5.50. The number of rotatable bonds is 8. The molecule has 0 unspecified atom stereocenters. The van der Waals surface area contributed by atoms with Crippen molar-refractivity contribution in [2.45, 2.75) is 6.92 Å². The average Bonchev–Trinajstić information content (AvgIpc) is 2.65. The van der Waals surface area contributed by atoms with Crippen LogP contribution in [0, 0.1) is 6.92 Å². The van der Waals surface area contributed by atoms with Crippen LogP contribution in [0.25, 0.3) is 0 Å². The molecular weight excluding hydrogens is 330 g/mol. The van der Waals surface area contributed by atoms with Crippen LogP contribution < -0.4 is 15.5 Å². The molecule has 134 valence electrons. The van der Waals surface area contributed by atoms with Gasteiger partial charge in [-0.1, -0.05) is 43.0 Å². The number of ether oxygens (including phenoxy) is 1. The Hall–Kier alpha value is -3.41. The summed E-state index contributed by atoms with van der Waals surface area (Å²) in [6.07, 6.45) is 3.13. The Labute approximate surface area is 152 Å². The highest BCUT2D eigenvalue weighted by atomic mass is 16.5. The number of hydrogen-bond acceptors (Lipinski definition) is 4. The van der Waals surface area contributed by atoms with Gasteiger partial charge in [-0.15, -0.1) is 0 Å². The van der Waals surface area contributed by atoms with Gasteiger partial charge in [0.1, 0.15) is 12.4 Å². The van der Waals surface area contributed by atoms with Gasteiger partial charge in [0.05, 0.1) is 12.8 Å². The molecule has 6 heteroatoms. The van der Waals surface area contributed by atoms with E-state index in [0.717, 1.165) is 11.1 Å². The zero-order valence-corrected chi connectivity index (χ0v) is 14.6. The molecule has 6 nitrogen and oxygen atoms in total. The summed E-state index contributed by atoms with van der Waals surface area (Å²) in [5.74, 6) is -0.0867. The van der Waals surface area contributed by atoms with Gasteiger partial charge in [-0.05, 0) is 30.7 Å². The number of benzene rings is 2. The maximum absolute atomic E-state index is 12.1. The SMILES string of the molecule is C=CCOc1ccccc1/C=N\NC(=O)CNC(=O)c1ccccc1C. The average molecular weight is 351 g/mol. The topological polar surface area (TPSA) is 79.8 Å². The first-order valence-electron chi connectivity index (χ1n) is 8.10. The second-order valence-corrected chi connectivity index (χ2v) is 5.43. The van der Waals surface area contributed by atoms with Crippen molar-refractivity contribution >= 4 is 18.0 Å². The van der Waals surface area contributed by atoms with E-state index in [1.807, 2.05) is 37.3 Å². The lowest BCUT2D eigenvalue weighted by molar-refractivity contribution is -0.120. The third-order valence-corrected chi connectivity index (χ3v) is 3.47. The molecule has 0 saturated heterocycles. The summed E-state index contributed by atoms with van der Waals surface area (Å²) in [5.41, 5.74) is 4.48. The molecule has 26 heavy (non-hydrogen) atoms. The lowest BCUT2D eigenvalue weighted by atomic mass is 10.1. The van der Waals surface area contributed by atoms with Gasteiger partial charge in [-0.25, -0.2) is 5.43 Å². The van der Waals surface area contributed by atoms with Crippen molar-refractivity contribution in [3.63, 3.8) is 0 Å². The highest BCUT2D eigenvalue weighted by molar-refractivity contribution is 5.97. The van der Waals surface area contributed by atoms with Gasteiger partial charge >= 0.3 is 0 Å². The normalized spacial score (nSPS) is 10.3. The van der Waals surface area contributed by atoms with Crippen LogP contribution in [0.15, 0.2) is 66.3 Å². The standard InChI is InChI=1S/C20H21N3O3/c1-3-12-26-18-11-7-5-9-16(18)13-22-23-19(24)14-21-20(25)17-10-6-4-8-15(17)2/h3-11,13H,1,12,14H2,2H3,(H,21,25)(H,23,24)/b22-13-. The van der Waals surface area contributed by atoms with E-state index in [9.17, 15) is 9.59 Å². The lowest BCUT2D eigenvalue weighted by Crippen LogP contribution is -2.35. The van der Waals surface area contributed by atoms with Gasteiger partial charge < -0.3 is 10.1 Å². The van der Waals surface area contributed by atoms with Crippen LogP contribution in [0.1, 0.15) is 21.5 Å². The zero-order chi connectivity index (χ0) is 18.8. The number of carbonyl (C=O) groups excluding carboxylic acids is 2. The molecule has 0 aliphatic rings. The van der Waals surface area contributed by atoms with E-state index in [1.54, 1.807) is 24.3 Å². The molecule has 0 aromatic heterocycles. The number of nitrogens with zero attached hydrogens (tertiary/aromatic N) is 1. The highest BCUT2D eigenvalue weighted by Gasteiger charge is 2.09. The van der Waals surface area contributed by atoms with Crippen LogP contribution in [0.3, 0.4) is 0 Å². The monoisotopic (exact) mass is 351 g/mol. The lowest BCUT2D eigenvalue weighted by Gasteiger charge is -2.07. The predicted octanol–water partition coefficient (Wildman–Crippen LogP) is 2.44. The minimum atomic E-state index is -0.423. The first-order chi connectivity index (χ1) is 12.6. The Balaban J connectivity index is 1.85. The Morgan fingerprint density at radius 3 is 2.65 bits per heavy atom. The molecule has 0 atom stereocenters. The fourth-order valence-electron chi connectivity index (χ4n) is 2.16. The minimum absolute atomic E-state index is 0.168. The molecular formula is C20H21N3O3. The van der Waals surface area contributed by atoms with Crippen LogP contribution in [-0.4, -0.2) is 31.2 Å². The first-order valence-corrected chi connectivity index (χ1v) is 8.10. The van der Waals surface area contributed by atoms with Crippen LogP contribution in [0.5, 0.6) is 5.75 Å². The van der Waals surface area contributed by atoms with Crippen molar-refractivity contribution in [2.75, 3.05) is 13.2 Å². The van der Waals surface area contributed by atoms with E-state index in [-0.39, 0.29) is 12.5 Å². The van der Waals surface area contributed by atoms with Crippen molar-refractivity contribution < 1.29 is 14.3 Å². The number of hydrazone groups is 1. The van der Waals surface area contributed by atoms with Gasteiger partial charge in [0.25, 0.3) is 11.8 Å². The number of aryl methyl sites for hydroxylation is 1. The minimum Gasteiger partial charge on any atom is -0.489 e. The van der Waals surface area contributed by atoms with Crippen molar-refractivity contribution in [1.29, 1.82) is 0 Å². The maximum atomic E-state index is 12.1. The molecule has 0 spiro atoms. The molecule has 2 rings (SSSR count). The fraction of sp³-hybridized carbons (Fsp3) is 0.150. The second kappa shape index (κ2) is 9.78. The summed E-state index contributed by atoms with van der Waals surface area (Å²) >= 11 is 0. The number of amides is 2. The molecule has 0 aliphatic carbocycles. The number of para-hydroxylation sites is 1. The van der Waals surface area contributed by atoms with Crippen LogP contribution in [-0.2, 0) is 4.79 Å². The molecule has 2 aromatic rings. The first kappa shape index (κ1) is 18.9. The molecule has 2 N–H and O–H groups in total. The Bertz CT molecular complexity index is 815. The van der Waals surface area contributed by atoms with Crippen molar-refractivity contribution in [2.24, 2.45) is 5.10 Å². The van der Waals surface area contributed by atoms with Gasteiger partial charge in [-0.3, -0.25) is 9.59 Å². The molecule has 0 radical (unpaired) electrons. The number of carbonyl (C=O) groups is 2. The van der Waals surface area contributed by atoms with Gasteiger partial charge in [0.15, 0.2) is 0 Å². The van der Waals surface area contributed by atoms with Crippen LogP contribution in [0.4, 0.5) is 0 Å². The van der Waals surface area contributed by atoms with Crippen molar-refractivity contribution in [3.05, 3.63) is 77.9 Å². The summed E-state index contributed by atoms with van der Waals surface area (Å²) in [4.78, 5) is 23.9. The van der Waals surface area contributed by atoms with Gasteiger partial charge in [0, 0.05) is 11.1 Å². The van der Waals surface area contributed by atoms with Crippen LogP contribution in [0.2, 0.25) is 0 Å². The molecule has 0 bridgehead atoms. The summed E-state index contributed by atoms with van der Waals surface area (Å²) in [7, 11) is 0. The fourth-order valence-corrected chi connectivity index (χ4v) is 2.16. The molecule has 0 heterocycles. The van der Waals surface area contributed by atoms with Crippen molar-refractivity contribution in [1.82, 2.24) is 10.7 Å². The molecule has 0 saturated carbocycles. The maximum Gasteiger partial charge on any atom is 0.259 e. The molecule has 0 aliphatic heterocycles. The highest BCUT2D eigenvalue weighted by Crippen LogP contribution is 2.15. The Morgan fingerprint density at radius 2 is 1.88 bits per heavy atom. The van der Waals surface area contributed by atoms with E-state index in [4.69, 9.17) is 4.74 Å². The number of hydrogen-bond donors (Lipinski definition) is 2. The second-order valence-electron chi connectivity index (χ2n) is 5.43. The quantitative estimate of drug-likeness (QED) is 0.435. The van der Waals surface area contributed by atoms with Crippen molar-refractivity contribution in [3.8, 4) is 5.75 Å². The third kappa shape index (κ3) is 5.59. The smallest absolute Gasteiger partial charge is 0.259 e. The largest absolute Gasteiger partial charge is 0.489 e. The van der Waals surface area contributed by atoms with E-state index in [1.165, 1.54) is 6.21 Å². The van der Waals surface area contributed by atoms with E-state index < -0.39 is 5.91 Å².